The van der Waals surface area contributed by atoms with Crippen molar-refractivity contribution in [3.8, 4) is 0 Å². The van der Waals surface area contributed by atoms with Crippen LogP contribution in [0.2, 0.25) is 0 Å². The predicted octanol–water partition coefficient (Wildman–Crippen LogP) is 1.81. The molecule has 0 heterocycles. The van der Waals surface area contributed by atoms with Crippen molar-refractivity contribution in [1.29, 1.82) is 0 Å². The molecule has 1 rings (SSSR count). The van der Waals surface area contributed by atoms with E-state index in [9.17, 15) is 8.42 Å². The van der Waals surface area contributed by atoms with E-state index in [0.717, 1.165) is 30.7 Å². The van der Waals surface area contributed by atoms with Gasteiger partial charge in [-0.3, -0.25) is 4.99 Å². The van der Waals surface area contributed by atoms with E-state index in [0.29, 0.717) is 29.9 Å². The Kier molecular flexibility index (Phi) is 10.4. The molecule has 3 N–H and O–H groups in total. The molecule has 8 heteroatoms. The number of hydrogen-bond acceptors (Lipinski definition) is 4. The van der Waals surface area contributed by atoms with Gasteiger partial charge in [-0.1, -0.05) is 26.0 Å². The van der Waals surface area contributed by atoms with Crippen molar-refractivity contribution in [1.82, 2.24) is 15.4 Å². The molecule has 1 aromatic carbocycles. The summed E-state index contributed by atoms with van der Waals surface area (Å²) in [6.07, 6.45) is 0.882. The molecule has 0 spiro atoms. The Bertz CT molecular complexity index is 703. The number of nitrogens with one attached hydrogen (secondary N) is 3. The quantitative estimate of drug-likeness (QED) is 0.300. The van der Waals surface area contributed by atoms with Crippen LogP contribution in [-0.2, 0) is 14.8 Å². The van der Waals surface area contributed by atoms with Crippen LogP contribution < -0.4 is 15.4 Å². The number of sulfonamides is 1. The van der Waals surface area contributed by atoms with E-state index in [4.69, 9.17) is 4.74 Å². The van der Waals surface area contributed by atoms with Gasteiger partial charge in [0.05, 0.1) is 4.90 Å². The van der Waals surface area contributed by atoms with Gasteiger partial charge in [-0.2, -0.15) is 0 Å². The molecule has 0 amide bonds. The van der Waals surface area contributed by atoms with E-state index in [-0.39, 0.29) is 6.54 Å². The van der Waals surface area contributed by atoms with Gasteiger partial charge in [-0.05, 0) is 43.4 Å². The number of benzene rings is 1. The SMILES string of the molecule is CN=C(NCCCOCC(C)C)NCCNS(=O)(=O)c1cc(C)ccc1C. The lowest BCUT2D eigenvalue weighted by molar-refractivity contribution is 0.108. The van der Waals surface area contributed by atoms with Gasteiger partial charge < -0.3 is 15.4 Å². The van der Waals surface area contributed by atoms with Crippen molar-refractivity contribution in [2.75, 3.05) is 39.9 Å². The molecule has 0 unspecified atom stereocenters. The maximum Gasteiger partial charge on any atom is 0.240 e. The maximum absolute atomic E-state index is 12.4. The lowest BCUT2D eigenvalue weighted by atomic mass is 10.2. The summed E-state index contributed by atoms with van der Waals surface area (Å²) in [4.78, 5) is 4.45. The lowest BCUT2D eigenvalue weighted by Crippen LogP contribution is -2.42. The molecule has 0 atom stereocenters. The summed E-state index contributed by atoms with van der Waals surface area (Å²) >= 11 is 0. The zero-order chi connectivity index (χ0) is 20.3. The topological polar surface area (TPSA) is 91.8 Å². The summed E-state index contributed by atoms with van der Waals surface area (Å²) in [6.45, 7) is 10.8. The first-order chi connectivity index (χ1) is 12.8. The molecule has 0 bridgehead atoms. The van der Waals surface area contributed by atoms with Crippen molar-refractivity contribution >= 4 is 16.0 Å². The fraction of sp³-hybridized carbons (Fsp3) is 0.632. The fourth-order valence-corrected chi connectivity index (χ4v) is 3.72. The first-order valence-electron chi connectivity index (χ1n) is 9.35. The van der Waals surface area contributed by atoms with Crippen molar-refractivity contribution in [3.63, 3.8) is 0 Å². The van der Waals surface area contributed by atoms with Gasteiger partial charge in [-0.15, -0.1) is 0 Å². The van der Waals surface area contributed by atoms with Gasteiger partial charge in [0.1, 0.15) is 0 Å². The summed E-state index contributed by atoms with van der Waals surface area (Å²) in [7, 11) is -1.83. The van der Waals surface area contributed by atoms with Crippen molar-refractivity contribution < 1.29 is 13.2 Å². The molecular weight excluding hydrogens is 364 g/mol. The van der Waals surface area contributed by atoms with Crippen LogP contribution in [0.25, 0.3) is 0 Å². The minimum atomic E-state index is -3.52. The standard InChI is InChI=1S/C19H34N4O3S/c1-15(2)14-26-12-6-9-21-19(20-5)22-10-11-23-27(24,25)18-13-16(3)7-8-17(18)4/h7-8,13,15,23H,6,9-12,14H2,1-5H3,(H2,20,21,22). The maximum atomic E-state index is 12.4. The molecule has 0 saturated heterocycles. The monoisotopic (exact) mass is 398 g/mol. The number of aryl methyl sites for hydroxylation is 2. The van der Waals surface area contributed by atoms with Crippen LogP contribution in [0.1, 0.15) is 31.4 Å². The first-order valence-corrected chi connectivity index (χ1v) is 10.8. The van der Waals surface area contributed by atoms with Gasteiger partial charge in [0.2, 0.25) is 10.0 Å². The van der Waals surface area contributed by atoms with E-state index in [1.807, 2.05) is 19.1 Å². The highest BCUT2D eigenvalue weighted by molar-refractivity contribution is 7.89. The number of rotatable bonds is 11. The first kappa shape index (κ1) is 23.4. The minimum Gasteiger partial charge on any atom is -0.381 e. The number of guanidine groups is 1. The van der Waals surface area contributed by atoms with Crippen molar-refractivity contribution in [2.45, 2.75) is 39.0 Å². The number of aliphatic imine (C=N–C) groups is 1. The van der Waals surface area contributed by atoms with Gasteiger partial charge in [-0.25, -0.2) is 13.1 Å². The summed E-state index contributed by atoms with van der Waals surface area (Å²) in [6, 6.07) is 5.41. The highest BCUT2D eigenvalue weighted by Gasteiger charge is 2.16. The van der Waals surface area contributed by atoms with Crippen LogP contribution in [0.5, 0.6) is 0 Å². The molecule has 0 radical (unpaired) electrons. The zero-order valence-corrected chi connectivity index (χ0v) is 17.9. The zero-order valence-electron chi connectivity index (χ0n) is 17.1. The largest absolute Gasteiger partial charge is 0.381 e. The van der Waals surface area contributed by atoms with Gasteiger partial charge in [0.25, 0.3) is 0 Å². The molecule has 7 nitrogen and oxygen atoms in total. The van der Waals surface area contributed by atoms with E-state index in [1.54, 1.807) is 20.0 Å². The minimum absolute atomic E-state index is 0.272. The smallest absolute Gasteiger partial charge is 0.240 e. The molecule has 154 valence electrons. The Morgan fingerprint density at radius 3 is 2.52 bits per heavy atom. The van der Waals surface area contributed by atoms with Crippen LogP contribution >= 0.6 is 0 Å². The number of nitrogens with zero attached hydrogens (tertiary/aromatic N) is 1. The summed E-state index contributed by atoms with van der Waals surface area (Å²) < 4.78 is 33.0. The predicted molar refractivity (Wildman–Crippen MR) is 111 cm³/mol. The van der Waals surface area contributed by atoms with Crippen molar-refractivity contribution in [2.24, 2.45) is 10.9 Å². The van der Waals surface area contributed by atoms with Crippen molar-refractivity contribution in [3.05, 3.63) is 29.3 Å². The molecule has 1 aromatic rings. The second-order valence-corrected chi connectivity index (χ2v) is 8.65. The average molecular weight is 399 g/mol. The molecular formula is C19H34N4O3S. The molecule has 27 heavy (non-hydrogen) atoms. The Balaban J connectivity index is 2.31. The molecule has 0 aliphatic rings. The highest BCUT2D eigenvalue weighted by atomic mass is 32.2. The molecule has 0 saturated carbocycles. The molecule has 0 fully saturated rings. The van der Waals surface area contributed by atoms with Crippen LogP contribution in [0.3, 0.4) is 0 Å². The van der Waals surface area contributed by atoms with E-state index < -0.39 is 10.0 Å². The van der Waals surface area contributed by atoms with Crippen LogP contribution in [0.15, 0.2) is 28.1 Å². The average Bonchev–Trinajstić information content (AvgIpc) is 2.61. The van der Waals surface area contributed by atoms with E-state index >= 15 is 0 Å². The van der Waals surface area contributed by atoms with Crippen LogP contribution in [0.4, 0.5) is 0 Å². The second-order valence-electron chi connectivity index (χ2n) is 6.91. The second kappa shape index (κ2) is 11.9. The van der Waals surface area contributed by atoms with E-state index in [1.165, 1.54) is 0 Å². The Morgan fingerprint density at radius 1 is 1.15 bits per heavy atom. The third kappa shape index (κ3) is 9.21. The Hall–Kier alpha value is -1.64. The van der Waals surface area contributed by atoms with Crippen LogP contribution in [0, 0.1) is 19.8 Å². The normalized spacial score (nSPS) is 12.4. The Morgan fingerprint density at radius 2 is 1.85 bits per heavy atom. The highest BCUT2D eigenvalue weighted by Crippen LogP contribution is 2.16. The summed E-state index contributed by atoms with van der Waals surface area (Å²) in [5.74, 6) is 1.18. The van der Waals surface area contributed by atoms with Crippen LogP contribution in [-0.4, -0.2) is 54.3 Å². The van der Waals surface area contributed by atoms with E-state index in [2.05, 4.69) is 34.2 Å². The molecule has 0 aliphatic heterocycles. The third-order valence-electron chi connectivity index (χ3n) is 3.78. The number of hydrogen-bond donors (Lipinski definition) is 3. The summed E-state index contributed by atoms with van der Waals surface area (Å²) in [5.41, 5.74) is 1.65. The summed E-state index contributed by atoms with van der Waals surface area (Å²) in [5, 5.41) is 6.28. The molecule has 0 aromatic heterocycles. The lowest BCUT2D eigenvalue weighted by Gasteiger charge is -2.13. The molecule has 0 aliphatic carbocycles. The Labute approximate surface area is 164 Å². The number of ether oxygens (including phenoxy) is 1. The van der Waals surface area contributed by atoms with Gasteiger partial charge in [0, 0.05) is 39.9 Å². The third-order valence-corrected chi connectivity index (χ3v) is 5.38. The van der Waals surface area contributed by atoms with Gasteiger partial charge in [0.15, 0.2) is 5.96 Å². The fourth-order valence-electron chi connectivity index (χ4n) is 2.36. The van der Waals surface area contributed by atoms with Gasteiger partial charge >= 0.3 is 0 Å².